The average Bonchev–Trinajstić information content (AvgIpc) is 2.50. The molecule has 122 valence electrons. The highest BCUT2D eigenvalue weighted by Gasteiger charge is 2.05. The van der Waals surface area contributed by atoms with Gasteiger partial charge in [-0.25, -0.2) is 4.79 Å². The van der Waals surface area contributed by atoms with Gasteiger partial charge >= 0.3 is 5.97 Å². The standard InChI is InChI=1S/C18H20ClNO3/c1-12(2)23-17-8-5-14(9-16(17)19)11-20-10-13-3-6-15(7-4-13)18(21)22/h3-9,12,20H,10-11H2,1-2H3,(H,21,22). The van der Waals surface area contributed by atoms with Gasteiger partial charge in [0.05, 0.1) is 16.7 Å². The van der Waals surface area contributed by atoms with Gasteiger partial charge in [-0.3, -0.25) is 0 Å². The predicted octanol–water partition coefficient (Wildman–Crippen LogP) is 4.12. The van der Waals surface area contributed by atoms with Crippen LogP contribution in [0, 0.1) is 0 Å². The number of benzene rings is 2. The molecule has 0 radical (unpaired) electrons. The van der Waals surface area contributed by atoms with E-state index in [1.165, 1.54) is 0 Å². The quantitative estimate of drug-likeness (QED) is 0.800. The largest absolute Gasteiger partial charge is 0.489 e. The van der Waals surface area contributed by atoms with Crippen LogP contribution < -0.4 is 10.1 Å². The first-order valence-corrected chi connectivity index (χ1v) is 7.81. The van der Waals surface area contributed by atoms with Gasteiger partial charge in [0.1, 0.15) is 5.75 Å². The van der Waals surface area contributed by atoms with Crippen molar-refractivity contribution in [1.82, 2.24) is 5.32 Å². The first-order valence-electron chi connectivity index (χ1n) is 7.43. The zero-order valence-electron chi connectivity index (χ0n) is 13.2. The van der Waals surface area contributed by atoms with E-state index in [9.17, 15) is 4.79 Å². The molecule has 0 atom stereocenters. The number of nitrogens with one attached hydrogen (secondary N) is 1. The lowest BCUT2D eigenvalue weighted by Gasteiger charge is -2.12. The van der Waals surface area contributed by atoms with E-state index in [1.54, 1.807) is 12.1 Å². The van der Waals surface area contributed by atoms with Gasteiger partial charge in [0.2, 0.25) is 0 Å². The Morgan fingerprint density at radius 1 is 1.13 bits per heavy atom. The van der Waals surface area contributed by atoms with Crippen LogP contribution in [0.5, 0.6) is 5.75 Å². The zero-order valence-corrected chi connectivity index (χ0v) is 13.9. The van der Waals surface area contributed by atoms with E-state index in [2.05, 4.69) is 5.32 Å². The minimum absolute atomic E-state index is 0.0882. The van der Waals surface area contributed by atoms with E-state index >= 15 is 0 Å². The van der Waals surface area contributed by atoms with E-state index < -0.39 is 5.97 Å². The summed E-state index contributed by atoms with van der Waals surface area (Å²) in [5, 5.41) is 12.8. The van der Waals surface area contributed by atoms with Gasteiger partial charge in [-0.05, 0) is 49.2 Å². The minimum Gasteiger partial charge on any atom is -0.489 e. The number of carboxylic acid groups (broad SMARTS) is 1. The van der Waals surface area contributed by atoms with Crippen LogP contribution >= 0.6 is 11.6 Å². The lowest BCUT2D eigenvalue weighted by molar-refractivity contribution is 0.0697. The van der Waals surface area contributed by atoms with Crippen LogP contribution in [-0.4, -0.2) is 17.2 Å². The molecule has 0 saturated heterocycles. The molecule has 0 aliphatic carbocycles. The number of hydrogen-bond acceptors (Lipinski definition) is 3. The number of ether oxygens (including phenoxy) is 1. The predicted molar refractivity (Wildman–Crippen MR) is 91.2 cm³/mol. The number of rotatable bonds is 7. The van der Waals surface area contributed by atoms with Gasteiger partial charge in [0.15, 0.2) is 0 Å². The Balaban J connectivity index is 1.88. The Morgan fingerprint density at radius 2 is 1.74 bits per heavy atom. The van der Waals surface area contributed by atoms with Crippen LogP contribution in [0.3, 0.4) is 0 Å². The molecule has 0 bridgehead atoms. The van der Waals surface area contributed by atoms with Crippen molar-refractivity contribution in [3.05, 3.63) is 64.2 Å². The van der Waals surface area contributed by atoms with Crippen molar-refractivity contribution >= 4 is 17.6 Å². The molecule has 0 aromatic heterocycles. The van der Waals surface area contributed by atoms with E-state index in [-0.39, 0.29) is 6.10 Å². The Kier molecular flexibility index (Phi) is 6.02. The SMILES string of the molecule is CC(C)Oc1ccc(CNCc2ccc(C(=O)O)cc2)cc1Cl. The van der Waals surface area contributed by atoms with E-state index in [1.807, 2.05) is 44.2 Å². The molecule has 0 aliphatic rings. The Morgan fingerprint density at radius 3 is 2.30 bits per heavy atom. The summed E-state index contributed by atoms with van der Waals surface area (Å²) in [5.41, 5.74) is 2.38. The van der Waals surface area contributed by atoms with Crippen LogP contribution in [0.25, 0.3) is 0 Å². The van der Waals surface area contributed by atoms with Gasteiger partial charge in [-0.2, -0.15) is 0 Å². The Bertz CT molecular complexity index is 668. The molecule has 0 saturated carbocycles. The normalized spacial score (nSPS) is 10.8. The van der Waals surface area contributed by atoms with Crippen molar-refractivity contribution in [3.63, 3.8) is 0 Å². The number of aromatic carboxylic acids is 1. The minimum atomic E-state index is -0.914. The second kappa shape index (κ2) is 7.99. The van der Waals surface area contributed by atoms with E-state index in [4.69, 9.17) is 21.4 Å². The fraction of sp³-hybridized carbons (Fsp3) is 0.278. The van der Waals surface area contributed by atoms with Gasteiger partial charge in [0, 0.05) is 13.1 Å². The second-order valence-corrected chi connectivity index (χ2v) is 5.94. The molecule has 0 fully saturated rings. The number of carbonyl (C=O) groups is 1. The number of carboxylic acids is 1. The van der Waals surface area contributed by atoms with Crippen LogP contribution in [0.15, 0.2) is 42.5 Å². The molecule has 0 aliphatic heterocycles. The monoisotopic (exact) mass is 333 g/mol. The third-order valence-corrected chi connectivity index (χ3v) is 3.51. The van der Waals surface area contributed by atoms with Crippen molar-refractivity contribution in [1.29, 1.82) is 0 Å². The summed E-state index contributed by atoms with van der Waals surface area (Å²) in [5.74, 6) is -0.225. The third-order valence-electron chi connectivity index (χ3n) is 3.22. The van der Waals surface area contributed by atoms with Crippen molar-refractivity contribution < 1.29 is 14.6 Å². The molecule has 0 amide bonds. The van der Waals surface area contributed by atoms with Crippen LogP contribution in [-0.2, 0) is 13.1 Å². The maximum absolute atomic E-state index is 10.8. The fourth-order valence-corrected chi connectivity index (χ4v) is 2.37. The molecular weight excluding hydrogens is 314 g/mol. The highest BCUT2D eigenvalue weighted by molar-refractivity contribution is 6.32. The van der Waals surface area contributed by atoms with Crippen molar-refractivity contribution in [3.8, 4) is 5.75 Å². The van der Waals surface area contributed by atoms with E-state index in [0.29, 0.717) is 29.4 Å². The van der Waals surface area contributed by atoms with Crippen molar-refractivity contribution in [2.24, 2.45) is 0 Å². The summed E-state index contributed by atoms with van der Waals surface area (Å²) in [6.07, 6.45) is 0.0882. The summed E-state index contributed by atoms with van der Waals surface area (Å²) in [6.45, 7) is 5.24. The fourth-order valence-electron chi connectivity index (χ4n) is 2.12. The average molecular weight is 334 g/mol. The molecule has 0 spiro atoms. The first kappa shape index (κ1) is 17.3. The molecule has 2 aromatic carbocycles. The van der Waals surface area contributed by atoms with Gasteiger partial charge in [0.25, 0.3) is 0 Å². The first-order chi connectivity index (χ1) is 11.0. The maximum atomic E-state index is 10.8. The lowest BCUT2D eigenvalue weighted by atomic mass is 10.1. The van der Waals surface area contributed by atoms with Gasteiger partial charge in [-0.15, -0.1) is 0 Å². The highest BCUT2D eigenvalue weighted by atomic mass is 35.5. The molecule has 5 heteroatoms. The lowest BCUT2D eigenvalue weighted by Crippen LogP contribution is -2.13. The molecule has 4 nitrogen and oxygen atoms in total. The smallest absolute Gasteiger partial charge is 0.335 e. The van der Waals surface area contributed by atoms with Crippen LogP contribution in [0.4, 0.5) is 0 Å². The van der Waals surface area contributed by atoms with Gasteiger partial charge < -0.3 is 15.2 Å². The summed E-state index contributed by atoms with van der Waals surface area (Å²) >= 11 is 6.21. The summed E-state index contributed by atoms with van der Waals surface area (Å²) in [7, 11) is 0. The Hall–Kier alpha value is -2.04. The van der Waals surface area contributed by atoms with Crippen molar-refractivity contribution in [2.75, 3.05) is 0 Å². The van der Waals surface area contributed by atoms with E-state index in [0.717, 1.165) is 11.1 Å². The van der Waals surface area contributed by atoms with Crippen molar-refractivity contribution in [2.45, 2.75) is 33.0 Å². The summed E-state index contributed by atoms with van der Waals surface area (Å²) in [4.78, 5) is 10.8. The molecule has 0 heterocycles. The third kappa shape index (κ3) is 5.27. The van der Waals surface area contributed by atoms with Crippen LogP contribution in [0.2, 0.25) is 5.02 Å². The molecule has 23 heavy (non-hydrogen) atoms. The maximum Gasteiger partial charge on any atom is 0.335 e. The second-order valence-electron chi connectivity index (χ2n) is 5.54. The molecule has 2 N–H and O–H groups in total. The van der Waals surface area contributed by atoms with Gasteiger partial charge in [-0.1, -0.05) is 29.8 Å². The molecular formula is C18H20ClNO3. The topological polar surface area (TPSA) is 58.6 Å². The summed E-state index contributed by atoms with van der Waals surface area (Å²) < 4.78 is 5.60. The molecule has 2 aromatic rings. The zero-order chi connectivity index (χ0) is 16.8. The Labute approximate surface area is 141 Å². The highest BCUT2D eigenvalue weighted by Crippen LogP contribution is 2.26. The number of halogens is 1. The summed E-state index contributed by atoms with van der Waals surface area (Å²) in [6, 6.07) is 12.6. The molecule has 0 unspecified atom stereocenters. The molecule has 2 rings (SSSR count). The number of hydrogen-bond donors (Lipinski definition) is 2. The van der Waals surface area contributed by atoms with Crippen LogP contribution in [0.1, 0.15) is 35.3 Å².